The monoisotopic (exact) mass is 1000 g/mol. The van der Waals surface area contributed by atoms with Gasteiger partial charge < -0.3 is 44.2 Å². The van der Waals surface area contributed by atoms with Crippen LogP contribution >= 0.6 is 11.3 Å². The number of hydrogen-bond acceptors (Lipinski definition) is 11. The van der Waals surface area contributed by atoms with E-state index in [2.05, 4.69) is 15.3 Å². The van der Waals surface area contributed by atoms with E-state index in [-0.39, 0.29) is 95.6 Å². The molecular weight excluding hydrogens is 938 g/mol. The predicted octanol–water partition coefficient (Wildman–Crippen LogP) is 7.54. The lowest BCUT2D eigenvalue weighted by Gasteiger charge is -2.43. The first kappa shape index (κ1) is 53.4. The Balaban J connectivity index is 0.821. The summed E-state index contributed by atoms with van der Waals surface area (Å²) in [4.78, 5) is 54.4. The van der Waals surface area contributed by atoms with Crippen LogP contribution in [0.15, 0.2) is 66.2 Å². The molecule has 0 saturated carbocycles. The van der Waals surface area contributed by atoms with Gasteiger partial charge in [0.15, 0.2) is 0 Å². The van der Waals surface area contributed by atoms with Crippen LogP contribution in [0.1, 0.15) is 82.1 Å². The Kier molecular flexibility index (Phi) is 17.3. The number of alkyl halides is 1. The SMILES string of the molecule is Cc1ncsc1-c1ccc(CNC(=O)[C@@H]2C[C@@H](O)CN2C(=O)[C@@H](N(C)C(=O)COCCOCCOCCOc2cc(F)c([C@@H]3c4[nH]c5ccccc5c4C[C@@H](C)N3CC(C)(C)F)c(F)c2)C(C)(C)C)cc1. The Bertz CT molecular complexity index is 2610. The van der Waals surface area contributed by atoms with Crippen LogP contribution in [-0.4, -0.2) is 144 Å². The van der Waals surface area contributed by atoms with Crippen molar-refractivity contribution < 1.29 is 51.6 Å². The molecule has 2 aromatic heterocycles. The number of carbonyl (C=O) groups excluding carboxylic acids is 3. The second-order valence-electron chi connectivity index (χ2n) is 20.2. The highest BCUT2D eigenvalue weighted by atomic mass is 32.1. The van der Waals surface area contributed by atoms with E-state index in [9.17, 15) is 19.5 Å². The van der Waals surface area contributed by atoms with Gasteiger partial charge in [-0.05, 0) is 62.3 Å². The quantitative estimate of drug-likeness (QED) is 0.0628. The average molecular weight is 1010 g/mol. The molecular formula is C53H67F3N6O8S. The number of rotatable bonds is 21. The molecule has 71 heavy (non-hydrogen) atoms. The maximum absolute atomic E-state index is 16.0. The molecule has 1 fully saturated rings. The van der Waals surface area contributed by atoms with Crippen LogP contribution in [0.2, 0.25) is 0 Å². The largest absolute Gasteiger partial charge is 0.491 e. The fraction of sp³-hybridized carbons (Fsp3) is 0.509. The number of thiazole rings is 1. The van der Waals surface area contributed by atoms with E-state index in [0.29, 0.717) is 12.1 Å². The standard InChI is InChI=1S/C53H67F3N6O8S/c1-32-23-39-38-11-9-10-12-42(38)59-46(39)47(62(32)30-53(6,7)56)45-40(54)25-37(26-41(45)55)70-22-21-68-18-17-67-19-20-69-29-44(64)60(8)49(52(3,4)5)51(66)61-28-36(63)24-43(61)50(65)57-27-34-13-15-35(16-14-34)48-33(2)58-31-71-48/h9-16,25-26,31-32,36,43,47,49,59,63H,17-24,27-30H2,1-8H3,(H,57,65)/t32-,36-,43+,47-,49-/m1/s1. The highest BCUT2D eigenvalue weighted by Gasteiger charge is 2.46. The number of likely N-dealkylation sites (tertiary alicyclic amines) is 1. The molecule has 384 valence electrons. The normalized spacial score (nSPS) is 19.0. The summed E-state index contributed by atoms with van der Waals surface area (Å²) in [5.41, 5.74) is 4.62. The summed E-state index contributed by atoms with van der Waals surface area (Å²) < 4.78 is 69.6. The molecule has 3 amide bonds. The van der Waals surface area contributed by atoms with Gasteiger partial charge in [-0.2, -0.15) is 0 Å². The number of ether oxygens (including phenoxy) is 4. The van der Waals surface area contributed by atoms with Gasteiger partial charge in [0.25, 0.3) is 0 Å². The lowest BCUT2D eigenvalue weighted by Crippen LogP contribution is -2.58. The van der Waals surface area contributed by atoms with E-state index in [1.807, 2.05) is 88.0 Å². The number of carbonyl (C=O) groups is 3. The van der Waals surface area contributed by atoms with Gasteiger partial charge in [-0.15, -0.1) is 11.3 Å². The number of nitrogens with one attached hydrogen (secondary N) is 2. The maximum Gasteiger partial charge on any atom is 0.249 e. The van der Waals surface area contributed by atoms with Crippen LogP contribution in [0, 0.1) is 24.0 Å². The topological polar surface area (TPSA) is 159 Å². The summed E-state index contributed by atoms with van der Waals surface area (Å²) in [6.07, 6.45) is -0.223. The first-order chi connectivity index (χ1) is 33.7. The number of aromatic nitrogens is 2. The van der Waals surface area contributed by atoms with Gasteiger partial charge in [-0.25, -0.2) is 18.2 Å². The lowest BCUT2D eigenvalue weighted by molar-refractivity contribution is -0.153. The number of para-hydroxylation sites is 1. The fourth-order valence-corrected chi connectivity index (χ4v) is 10.5. The number of hydrogen-bond donors (Lipinski definition) is 3. The zero-order chi connectivity index (χ0) is 51.2. The summed E-state index contributed by atoms with van der Waals surface area (Å²) in [6, 6.07) is 14.9. The summed E-state index contributed by atoms with van der Waals surface area (Å²) in [5, 5.41) is 14.5. The number of benzene rings is 3. The van der Waals surface area contributed by atoms with Gasteiger partial charge in [-0.3, -0.25) is 19.3 Å². The number of H-pyrrole nitrogens is 1. The number of halogens is 3. The van der Waals surface area contributed by atoms with Crippen molar-refractivity contribution in [1.29, 1.82) is 0 Å². The fourth-order valence-electron chi connectivity index (χ4n) is 9.71. The zero-order valence-corrected chi connectivity index (χ0v) is 42.7. The molecule has 4 heterocycles. The van der Waals surface area contributed by atoms with E-state index in [4.69, 9.17) is 18.9 Å². The van der Waals surface area contributed by atoms with Crippen LogP contribution in [0.3, 0.4) is 0 Å². The molecule has 0 radical (unpaired) electrons. The maximum atomic E-state index is 16.0. The Morgan fingerprint density at radius 1 is 0.958 bits per heavy atom. The molecule has 7 rings (SSSR count). The third kappa shape index (κ3) is 13.0. The molecule has 2 aliphatic heterocycles. The Morgan fingerprint density at radius 3 is 2.24 bits per heavy atom. The summed E-state index contributed by atoms with van der Waals surface area (Å²) in [6.45, 7) is 13.0. The van der Waals surface area contributed by atoms with Crippen molar-refractivity contribution in [2.75, 3.05) is 66.4 Å². The van der Waals surface area contributed by atoms with Crippen molar-refractivity contribution in [2.24, 2.45) is 5.41 Å². The molecule has 18 heteroatoms. The highest BCUT2D eigenvalue weighted by molar-refractivity contribution is 7.13. The van der Waals surface area contributed by atoms with E-state index in [1.165, 1.54) is 30.7 Å². The van der Waals surface area contributed by atoms with Crippen molar-refractivity contribution in [3.8, 4) is 16.2 Å². The van der Waals surface area contributed by atoms with E-state index < -0.39 is 58.8 Å². The van der Waals surface area contributed by atoms with Crippen LogP contribution in [-0.2, 0) is 41.6 Å². The van der Waals surface area contributed by atoms with Crippen LogP contribution in [0.4, 0.5) is 13.2 Å². The smallest absolute Gasteiger partial charge is 0.249 e. The zero-order valence-electron chi connectivity index (χ0n) is 41.9. The first-order valence-corrected chi connectivity index (χ1v) is 25.0. The molecule has 0 spiro atoms. The number of likely N-dealkylation sites (N-methyl/N-ethyl adjacent to an activating group) is 1. The molecule has 5 aromatic rings. The number of fused-ring (bicyclic) bond motifs is 3. The third-order valence-electron chi connectivity index (χ3n) is 13.0. The molecule has 0 aliphatic carbocycles. The Hall–Kier alpha value is -5.37. The van der Waals surface area contributed by atoms with Crippen LogP contribution in [0.25, 0.3) is 21.3 Å². The van der Waals surface area contributed by atoms with E-state index in [0.717, 1.165) is 50.3 Å². The van der Waals surface area contributed by atoms with Gasteiger partial charge in [0.1, 0.15) is 48.4 Å². The molecule has 5 atom stereocenters. The van der Waals surface area contributed by atoms with E-state index >= 15 is 13.2 Å². The highest BCUT2D eigenvalue weighted by Crippen LogP contribution is 2.44. The van der Waals surface area contributed by atoms with Crippen molar-refractivity contribution in [3.05, 3.63) is 106 Å². The summed E-state index contributed by atoms with van der Waals surface area (Å²) in [5.74, 6) is -2.87. The predicted molar refractivity (Wildman–Crippen MR) is 266 cm³/mol. The molecule has 3 N–H and O–H groups in total. The van der Waals surface area contributed by atoms with Crippen LogP contribution in [0.5, 0.6) is 5.75 Å². The second-order valence-corrected chi connectivity index (χ2v) is 21.0. The molecule has 3 aromatic carbocycles. The number of aryl methyl sites for hydroxylation is 1. The van der Waals surface area contributed by atoms with Crippen molar-refractivity contribution in [2.45, 2.75) is 104 Å². The van der Waals surface area contributed by atoms with E-state index in [1.54, 1.807) is 16.8 Å². The minimum Gasteiger partial charge on any atom is -0.491 e. The minimum absolute atomic E-state index is 0.00392. The molecule has 1 saturated heterocycles. The average Bonchev–Trinajstić information content (AvgIpc) is 4.03. The first-order valence-electron chi connectivity index (χ1n) is 24.1. The number of aromatic amines is 1. The molecule has 14 nitrogen and oxygen atoms in total. The number of amides is 3. The third-order valence-corrected chi connectivity index (χ3v) is 14.0. The number of β-amino-alcohol motifs (C(OH)–C–C–N with tert-alkyl or cyclic N) is 1. The summed E-state index contributed by atoms with van der Waals surface area (Å²) in [7, 11) is 1.53. The van der Waals surface area contributed by atoms with Gasteiger partial charge in [0.2, 0.25) is 17.7 Å². The lowest BCUT2D eigenvalue weighted by atomic mass is 9.84. The minimum atomic E-state index is -1.61. The Labute approximate surface area is 417 Å². The van der Waals surface area contributed by atoms with Gasteiger partial charge in [-0.1, -0.05) is 63.2 Å². The number of nitrogens with zero attached hydrogens (tertiary/aromatic N) is 4. The van der Waals surface area contributed by atoms with Crippen molar-refractivity contribution in [3.63, 3.8) is 0 Å². The number of aliphatic hydroxyl groups is 1. The van der Waals surface area contributed by atoms with Crippen LogP contribution < -0.4 is 10.1 Å². The summed E-state index contributed by atoms with van der Waals surface area (Å²) >= 11 is 1.56. The second kappa shape index (κ2) is 23.0. The van der Waals surface area contributed by atoms with Crippen molar-refractivity contribution >= 4 is 40.0 Å². The number of aliphatic hydroxyl groups excluding tert-OH is 1. The Morgan fingerprint density at radius 2 is 1.61 bits per heavy atom. The van der Waals surface area contributed by atoms with Gasteiger partial charge in [0, 0.05) is 73.4 Å². The van der Waals surface area contributed by atoms with Gasteiger partial charge >= 0.3 is 0 Å². The van der Waals surface area contributed by atoms with Crippen molar-refractivity contribution in [1.82, 2.24) is 30.0 Å². The molecule has 2 aliphatic rings. The van der Waals surface area contributed by atoms with Gasteiger partial charge in [0.05, 0.1) is 61.3 Å². The molecule has 0 bridgehead atoms. The molecule has 0 unspecified atom stereocenters.